The highest BCUT2D eigenvalue weighted by molar-refractivity contribution is 8.00. The molecule has 0 spiro atoms. The maximum absolute atomic E-state index is 13.0. The molecule has 3 aromatic heterocycles. The molecule has 56 heavy (non-hydrogen) atoms. The lowest BCUT2D eigenvalue weighted by Crippen LogP contribution is -2.27. The highest BCUT2D eigenvalue weighted by Crippen LogP contribution is 2.38. The fraction of sp³-hybridized carbons (Fsp3) is 0.477. The smallest absolute Gasteiger partial charge is 0.433 e. The van der Waals surface area contributed by atoms with E-state index in [2.05, 4.69) is 64.6 Å². The molecule has 2 amide bonds. The number of ether oxygens (including phenoxy) is 1. The van der Waals surface area contributed by atoms with Gasteiger partial charge in [0.25, 0.3) is 0 Å². The van der Waals surface area contributed by atoms with E-state index in [0.717, 1.165) is 43.9 Å². The number of carbonyl (C=O) groups is 2. The van der Waals surface area contributed by atoms with Crippen LogP contribution in [0.15, 0.2) is 84.0 Å². The third-order valence-corrected chi connectivity index (χ3v) is 11.4. The van der Waals surface area contributed by atoms with Crippen LogP contribution < -0.4 is 15.4 Å². The lowest BCUT2D eigenvalue weighted by atomic mass is 9.86. The minimum Gasteiger partial charge on any atom is -0.474 e. The van der Waals surface area contributed by atoms with Crippen LogP contribution in [0.5, 0.6) is 5.88 Å². The van der Waals surface area contributed by atoms with Crippen molar-refractivity contribution in [1.29, 1.82) is 0 Å². The number of pyridine rings is 3. The van der Waals surface area contributed by atoms with Crippen LogP contribution in [0.1, 0.15) is 119 Å². The number of aromatic nitrogens is 3. The van der Waals surface area contributed by atoms with Crippen molar-refractivity contribution in [2.45, 2.75) is 139 Å². The lowest BCUT2D eigenvalue weighted by Gasteiger charge is -2.25. The largest absolute Gasteiger partial charge is 0.474 e. The van der Waals surface area contributed by atoms with Crippen LogP contribution in [0, 0.1) is 0 Å². The molecule has 2 aliphatic carbocycles. The predicted octanol–water partition coefficient (Wildman–Crippen LogP) is 9.73. The van der Waals surface area contributed by atoms with E-state index in [-0.39, 0.29) is 42.2 Å². The fourth-order valence-electron chi connectivity index (χ4n) is 6.69. The maximum Gasteiger partial charge on any atom is 0.433 e. The van der Waals surface area contributed by atoms with E-state index in [0.29, 0.717) is 29.5 Å². The molecular formula is C44H54F3N5O3S. The summed E-state index contributed by atoms with van der Waals surface area (Å²) in [6, 6.07) is 19.9. The quantitative estimate of drug-likeness (QED) is 0.147. The van der Waals surface area contributed by atoms with E-state index >= 15 is 0 Å². The molecule has 2 aliphatic rings. The lowest BCUT2D eigenvalue weighted by molar-refractivity contribution is -0.141. The van der Waals surface area contributed by atoms with E-state index in [1.54, 1.807) is 30.6 Å². The number of nitrogens with one attached hydrogen (secondary N) is 2. The zero-order valence-electron chi connectivity index (χ0n) is 32.7. The number of hydrogen-bond acceptors (Lipinski definition) is 7. The first-order valence-corrected chi connectivity index (χ1v) is 20.6. The highest BCUT2D eigenvalue weighted by Gasteiger charge is 2.34. The molecule has 3 heterocycles. The SMILES string of the molecule is CC(C)(C)c1ccc(CNC(=O)Cc2ccccn2)c(SC2CCCCC2)c1.O=C(Cc1ccccn1)NCc1ccc(C(F)(F)F)nc1OC1CCCCC1. The predicted molar refractivity (Wildman–Crippen MR) is 214 cm³/mol. The molecule has 4 aromatic rings. The highest BCUT2D eigenvalue weighted by atomic mass is 32.2. The molecule has 300 valence electrons. The van der Waals surface area contributed by atoms with Crippen LogP contribution in [-0.2, 0) is 47.1 Å². The summed E-state index contributed by atoms with van der Waals surface area (Å²) >= 11 is 2.01. The second-order valence-corrected chi connectivity index (χ2v) is 16.9. The molecule has 0 unspecified atom stereocenters. The summed E-state index contributed by atoms with van der Waals surface area (Å²) in [7, 11) is 0. The number of carbonyl (C=O) groups excluding carboxylic acids is 2. The van der Waals surface area contributed by atoms with Crippen molar-refractivity contribution in [2.24, 2.45) is 0 Å². The van der Waals surface area contributed by atoms with Gasteiger partial charge in [-0.25, -0.2) is 4.98 Å². The van der Waals surface area contributed by atoms with Gasteiger partial charge >= 0.3 is 6.18 Å². The molecule has 2 N–H and O–H groups in total. The summed E-state index contributed by atoms with van der Waals surface area (Å²) in [6.07, 6.45) is 10.4. The van der Waals surface area contributed by atoms with Gasteiger partial charge in [0.15, 0.2) is 0 Å². The maximum atomic E-state index is 13.0. The average molecular weight is 790 g/mol. The molecule has 0 bridgehead atoms. The van der Waals surface area contributed by atoms with E-state index in [1.807, 2.05) is 30.0 Å². The molecule has 2 saturated carbocycles. The Morgan fingerprint density at radius 3 is 1.82 bits per heavy atom. The molecule has 12 heteroatoms. The molecule has 0 saturated heterocycles. The van der Waals surface area contributed by atoms with Gasteiger partial charge in [0, 0.05) is 52.6 Å². The first kappa shape index (κ1) is 42.7. The number of thioether (sulfide) groups is 1. The number of amides is 2. The Morgan fingerprint density at radius 2 is 1.29 bits per heavy atom. The zero-order valence-corrected chi connectivity index (χ0v) is 33.5. The molecule has 2 fully saturated rings. The normalized spacial score (nSPS) is 15.3. The van der Waals surface area contributed by atoms with Gasteiger partial charge in [-0.3, -0.25) is 19.6 Å². The molecule has 0 radical (unpaired) electrons. The molecular weight excluding hydrogens is 736 g/mol. The second kappa shape index (κ2) is 20.6. The van der Waals surface area contributed by atoms with Gasteiger partial charge in [0.2, 0.25) is 17.7 Å². The van der Waals surface area contributed by atoms with Crippen molar-refractivity contribution < 1.29 is 27.5 Å². The fourth-order valence-corrected chi connectivity index (χ4v) is 8.11. The Labute approximate surface area is 333 Å². The molecule has 6 rings (SSSR count). The standard InChI is InChI=1S/C24H32N2OS.C20H22F3N3O2/c1-24(2,3)19-13-12-18(22(15-19)28-21-10-5-4-6-11-21)17-26-23(27)16-20-9-7-8-14-25-20;21-20(22,23)17-10-9-14(19(26-17)28-16-7-2-1-3-8-16)13-25-18(27)12-15-6-4-5-11-24-15/h7-9,12-15,21H,4-6,10-11,16-17H2,1-3H3,(H,26,27);4-6,9-11,16H,1-3,7-8,12-13H2,(H,25,27). The average Bonchev–Trinajstić information content (AvgIpc) is 3.18. The van der Waals surface area contributed by atoms with Crippen LogP contribution in [0.3, 0.4) is 0 Å². The molecule has 0 atom stereocenters. The second-order valence-electron chi connectivity index (χ2n) is 15.5. The van der Waals surface area contributed by atoms with Gasteiger partial charge in [-0.2, -0.15) is 13.2 Å². The van der Waals surface area contributed by atoms with Crippen molar-refractivity contribution >= 4 is 23.6 Å². The summed E-state index contributed by atoms with van der Waals surface area (Å²) in [5.41, 5.74) is 3.55. The van der Waals surface area contributed by atoms with Gasteiger partial charge < -0.3 is 15.4 Å². The van der Waals surface area contributed by atoms with Gasteiger partial charge in [-0.15, -0.1) is 11.8 Å². The Balaban J connectivity index is 0.000000214. The summed E-state index contributed by atoms with van der Waals surface area (Å²) in [4.78, 5) is 37.8. The number of halogens is 3. The summed E-state index contributed by atoms with van der Waals surface area (Å²) < 4.78 is 44.9. The van der Waals surface area contributed by atoms with E-state index in [4.69, 9.17) is 4.74 Å². The van der Waals surface area contributed by atoms with Gasteiger partial charge in [0.05, 0.1) is 12.8 Å². The van der Waals surface area contributed by atoms with Crippen molar-refractivity contribution in [2.75, 3.05) is 0 Å². The minimum atomic E-state index is -4.55. The summed E-state index contributed by atoms with van der Waals surface area (Å²) in [6.45, 7) is 7.38. The summed E-state index contributed by atoms with van der Waals surface area (Å²) in [5, 5.41) is 6.49. The topological polar surface area (TPSA) is 106 Å². The van der Waals surface area contributed by atoms with Crippen LogP contribution in [0.25, 0.3) is 0 Å². The van der Waals surface area contributed by atoms with Crippen LogP contribution in [-0.4, -0.2) is 38.1 Å². The summed E-state index contributed by atoms with van der Waals surface area (Å²) in [5.74, 6) is -0.311. The Kier molecular flexibility index (Phi) is 15.7. The molecule has 0 aliphatic heterocycles. The first-order valence-electron chi connectivity index (χ1n) is 19.7. The van der Waals surface area contributed by atoms with Crippen LogP contribution in [0.2, 0.25) is 0 Å². The number of alkyl halides is 3. The molecule has 8 nitrogen and oxygen atoms in total. The number of hydrogen-bond donors (Lipinski definition) is 2. The van der Waals surface area contributed by atoms with Gasteiger partial charge in [-0.1, -0.05) is 70.7 Å². The van der Waals surface area contributed by atoms with Crippen molar-refractivity contribution in [3.63, 3.8) is 0 Å². The Hall–Kier alpha value is -4.45. The number of rotatable bonds is 12. The molecule has 1 aromatic carbocycles. The van der Waals surface area contributed by atoms with Gasteiger partial charge in [0.1, 0.15) is 11.8 Å². The third-order valence-electron chi connectivity index (χ3n) is 9.93. The Morgan fingerprint density at radius 1 is 0.732 bits per heavy atom. The first-order chi connectivity index (χ1) is 26.8. The van der Waals surface area contributed by atoms with E-state index in [9.17, 15) is 22.8 Å². The van der Waals surface area contributed by atoms with Crippen LogP contribution >= 0.6 is 11.8 Å². The third kappa shape index (κ3) is 13.9. The van der Waals surface area contributed by atoms with E-state index < -0.39 is 11.9 Å². The van der Waals surface area contributed by atoms with Crippen molar-refractivity contribution in [3.8, 4) is 5.88 Å². The van der Waals surface area contributed by atoms with Crippen LogP contribution in [0.4, 0.5) is 13.2 Å². The van der Waals surface area contributed by atoms with Crippen molar-refractivity contribution in [3.05, 3.63) is 113 Å². The number of benzene rings is 1. The van der Waals surface area contributed by atoms with E-state index in [1.165, 1.54) is 54.2 Å². The van der Waals surface area contributed by atoms with Crippen molar-refractivity contribution in [1.82, 2.24) is 25.6 Å². The van der Waals surface area contributed by atoms with Gasteiger partial charge in [-0.05, 0) is 97.5 Å². The Bertz CT molecular complexity index is 1710. The number of nitrogens with zero attached hydrogens (tertiary/aromatic N) is 3. The zero-order chi connectivity index (χ0) is 40.0. The minimum absolute atomic E-state index is 0.0206. The monoisotopic (exact) mass is 789 g/mol.